The van der Waals surface area contributed by atoms with Crippen molar-refractivity contribution < 1.29 is 17.6 Å². The summed E-state index contributed by atoms with van der Waals surface area (Å²) < 4.78 is 39.8. The molecule has 3 aromatic rings. The Morgan fingerprint density at radius 1 is 1.27 bits per heavy atom. The molecule has 0 aliphatic rings. The fraction of sp³-hybridized carbons (Fsp3) is 0.312. The Morgan fingerprint density at radius 2 is 2.04 bits per heavy atom. The molecule has 2 aromatic heterocycles. The fourth-order valence-corrected chi connectivity index (χ4v) is 3.88. The summed E-state index contributed by atoms with van der Waals surface area (Å²) in [5, 5.41) is 8.41. The molecule has 0 bridgehead atoms. The number of aromatic nitrogens is 3. The molecule has 26 heavy (non-hydrogen) atoms. The van der Waals surface area contributed by atoms with E-state index < -0.39 is 21.7 Å². The molecule has 0 saturated carbocycles. The molecule has 0 aliphatic heterocycles. The van der Waals surface area contributed by atoms with Gasteiger partial charge < -0.3 is 9.15 Å². The predicted octanol–water partition coefficient (Wildman–Crippen LogP) is 1.45. The highest BCUT2D eigenvalue weighted by atomic mass is 32.2. The van der Waals surface area contributed by atoms with Crippen molar-refractivity contribution in [3.63, 3.8) is 0 Å². The zero-order chi connectivity index (χ0) is 18.9. The number of sulfonamides is 1. The van der Waals surface area contributed by atoms with E-state index in [9.17, 15) is 13.2 Å². The van der Waals surface area contributed by atoms with Gasteiger partial charge >= 0.3 is 11.6 Å². The van der Waals surface area contributed by atoms with Crippen LogP contribution in [0.4, 0.5) is 0 Å². The second-order valence-corrected chi connectivity index (χ2v) is 7.30. The van der Waals surface area contributed by atoms with Gasteiger partial charge in [-0.15, -0.1) is 5.10 Å². The first-order chi connectivity index (χ1) is 12.4. The summed E-state index contributed by atoms with van der Waals surface area (Å²) >= 11 is 0. The Morgan fingerprint density at radius 3 is 2.73 bits per heavy atom. The average molecular weight is 378 g/mol. The highest BCUT2D eigenvalue weighted by molar-refractivity contribution is 7.89. The van der Waals surface area contributed by atoms with Gasteiger partial charge in [0, 0.05) is 18.0 Å². The molecular formula is C16H18N4O5S. The van der Waals surface area contributed by atoms with Crippen molar-refractivity contribution in [1.29, 1.82) is 0 Å². The maximum absolute atomic E-state index is 12.7. The van der Waals surface area contributed by atoms with E-state index >= 15 is 0 Å². The van der Waals surface area contributed by atoms with Gasteiger partial charge in [0.05, 0.1) is 18.0 Å². The Hall–Kier alpha value is -2.72. The normalized spacial score (nSPS) is 13.0. The van der Waals surface area contributed by atoms with Gasteiger partial charge in [0.15, 0.2) is 5.82 Å². The second-order valence-electron chi connectivity index (χ2n) is 5.59. The average Bonchev–Trinajstić information content (AvgIpc) is 3.04. The number of nitrogens with zero attached hydrogens (tertiary/aromatic N) is 3. The van der Waals surface area contributed by atoms with Crippen molar-refractivity contribution >= 4 is 21.0 Å². The van der Waals surface area contributed by atoms with Gasteiger partial charge in [-0.1, -0.05) is 5.10 Å². The minimum Gasteiger partial charge on any atom is -0.467 e. The molecule has 0 unspecified atom stereocenters. The van der Waals surface area contributed by atoms with Crippen molar-refractivity contribution in [3.05, 3.63) is 46.6 Å². The number of benzene rings is 1. The molecule has 9 nitrogen and oxygen atoms in total. The van der Waals surface area contributed by atoms with Crippen LogP contribution >= 0.6 is 0 Å². The maximum atomic E-state index is 12.7. The largest absolute Gasteiger partial charge is 0.467 e. The summed E-state index contributed by atoms with van der Waals surface area (Å²) in [5.74, 6) is 0.444. The Balaban J connectivity index is 1.92. The molecule has 138 valence electrons. The molecule has 0 spiro atoms. The number of nitrogens with one attached hydrogen (secondary N) is 1. The Kier molecular flexibility index (Phi) is 4.79. The van der Waals surface area contributed by atoms with Gasteiger partial charge in [0.2, 0.25) is 10.0 Å². The van der Waals surface area contributed by atoms with Crippen LogP contribution < -0.4 is 15.1 Å². The minimum atomic E-state index is -3.82. The van der Waals surface area contributed by atoms with E-state index in [0.29, 0.717) is 29.3 Å². The van der Waals surface area contributed by atoms with E-state index in [2.05, 4.69) is 14.9 Å². The van der Waals surface area contributed by atoms with E-state index in [-0.39, 0.29) is 4.90 Å². The highest BCUT2D eigenvalue weighted by Crippen LogP contribution is 2.21. The first-order valence-electron chi connectivity index (χ1n) is 7.89. The van der Waals surface area contributed by atoms with E-state index in [4.69, 9.17) is 9.15 Å². The third-order valence-corrected chi connectivity index (χ3v) is 5.40. The second kappa shape index (κ2) is 6.89. The first-order valence-corrected chi connectivity index (χ1v) is 9.37. The molecule has 2 heterocycles. The number of ether oxygens (including phenoxy) is 1. The molecule has 10 heteroatoms. The van der Waals surface area contributed by atoms with Crippen LogP contribution in [0.3, 0.4) is 0 Å². The van der Waals surface area contributed by atoms with E-state index in [1.165, 1.54) is 37.4 Å². The van der Waals surface area contributed by atoms with Crippen LogP contribution in [-0.2, 0) is 16.6 Å². The SMILES string of the molecule is CCn1c(OC)nnc1[C@@H](C)NS(=O)(=O)c1ccc2oc(=O)ccc2c1. The van der Waals surface area contributed by atoms with E-state index in [1.54, 1.807) is 11.5 Å². The smallest absolute Gasteiger partial charge is 0.336 e. The highest BCUT2D eigenvalue weighted by Gasteiger charge is 2.24. The molecule has 0 fully saturated rings. The van der Waals surface area contributed by atoms with Gasteiger partial charge in [-0.2, -0.15) is 0 Å². The molecule has 0 aliphatic carbocycles. The van der Waals surface area contributed by atoms with Crippen LogP contribution in [-0.4, -0.2) is 30.3 Å². The quantitative estimate of drug-likeness (QED) is 0.645. The summed E-state index contributed by atoms with van der Waals surface area (Å²) in [7, 11) is -2.35. The van der Waals surface area contributed by atoms with E-state index in [0.717, 1.165) is 0 Å². The summed E-state index contributed by atoms with van der Waals surface area (Å²) in [6, 6.07) is 6.72. The fourth-order valence-electron chi connectivity index (χ4n) is 2.64. The summed E-state index contributed by atoms with van der Waals surface area (Å²) in [6.07, 6.45) is 0. The van der Waals surface area contributed by atoms with Gasteiger partial charge in [-0.05, 0) is 38.1 Å². The molecule has 0 saturated heterocycles. The Labute approximate surface area is 149 Å². The van der Waals surface area contributed by atoms with Crippen LogP contribution in [0, 0.1) is 0 Å². The summed E-state index contributed by atoms with van der Waals surface area (Å²) in [4.78, 5) is 11.3. The van der Waals surface area contributed by atoms with Crippen molar-refractivity contribution in [1.82, 2.24) is 19.5 Å². The van der Waals surface area contributed by atoms with Crippen molar-refractivity contribution in [2.24, 2.45) is 0 Å². The molecule has 1 aromatic carbocycles. The van der Waals surface area contributed by atoms with Crippen LogP contribution in [0.15, 0.2) is 44.4 Å². The molecule has 1 N–H and O–H groups in total. The standard InChI is InChI=1S/C16H18N4O5S/c1-4-20-15(17-18-16(20)24-3)10(2)19-26(22,23)12-6-7-13-11(9-12)5-8-14(21)25-13/h5-10,19H,4H2,1-3H3/t10-/m1/s1. The Bertz CT molecular complexity index is 1100. The number of hydrogen-bond donors (Lipinski definition) is 1. The zero-order valence-electron chi connectivity index (χ0n) is 14.5. The minimum absolute atomic E-state index is 0.0558. The number of methoxy groups -OCH3 is 1. The third-order valence-electron chi connectivity index (χ3n) is 3.86. The van der Waals surface area contributed by atoms with E-state index in [1.807, 2.05) is 6.92 Å². The van der Waals surface area contributed by atoms with Gasteiger partial charge in [-0.25, -0.2) is 17.9 Å². The number of fused-ring (bicyclic) bond motifs is 1. The molecule has 0 amide bonds. The topological polar surface area (TPSA) is 116 Å². The first kappa shape index (κ1) is 18.1. The van der Waals surface area contributed by atoms with Crippen LogP contribution in [0.2, 0.25) is 0 Å². The monoisotopic (exact) mass is 378 g/mol. The molecule has 3 rings (SSSR count). The molecule has 0 radical (unpaired) electrons. The van der Waals surface area contributed by atoms with Gasteiger partial charge in [-0.3, -0.25) is 4.57 Å². The number of rotatable bonds is 6. The van der Waals surface area contributed by atoms with Crippen molar-refractivity contribution in [2.75, 3.05) is 7.11 Å². The maximum Gasteiger partial charge on any atom is 0.336 e. The van der Waals surface area contributed by atoms with Gasteiger partial charge in [0.25, 0.3) is 0 Å². The third kappa shape index (κ3) is 3.33. The lowest BCUT2D eigenvalue weighted by Gasteiger charge is -2.15. The zero-order valence-corrected chi connectivity index (χ0v) is 15.3. The van der Waals surface area contributed by atoms with Gasteiger partial charge in [0.1, 0.15) is 5.58 Å². The molecule has 1 atom stereocenters. The lowest BCUT2D eigenvalue weighted by atomic mass is 10.2. The van der Waals surface area contributed by atoms with Crippen molar-refractivity contribution in [3.8, 4) is 6.01 Å². The lowest BCUT2D eigenvalue weighted by Crippen LogP contribution is -2.29. The summed E-state index contributed by atoms with van der Waals surface area (Å²) in [5.41, 5.74) is -0.173. The molecular weight excluding hydrogens is 360 g/mol. The van der Waals surface area contributed by atoms with Crippen molar-refractivity contribution in [2.45, 2.75) is 31.3 Å². The predicted molar refractivity (Wildman–Crippen MR) is 93.5 cm³/mol. The lowest BCUT2D eigenvalue weighted by molar-refractivity contribution is 0.354. The summed E-state index contributed by atoms with van der Waals surface area (Å²) in [6.45, 7) is 4.09. The number of hydrogen-bond acceptors (Lipinski definition) is 7. The van der Waals surface area contributed by atoms with Crippen LogP contribution in [0.5, 0.6) is 6.01 Å². The van der Waals surface area contributed by atoms with Crippen LogP contribution in [0.1, 0.15) is 25.7 Å². The van der Waals surface area contributed by atoms with Crippen LogP contribution in [0.25, 0.3) is 11.0 Å².